The van der Waals surface area contributed by atoms with Crippen molar-refractivity contribution in [2.24, 2.45) is 0 Å². The van der Waals surface area contributed by atoms with Gasteiger partial charge in [0.2, 0.25) is 0 Å². The van der Waals surface area contributed by atoms with Crippen molar-refractivity contribution in [3.63, 3.8) is 0 Å². The summed E-state index contributed by atoms with van der Waals surface area (Å²) in [5, 5.41) is 14.9. The van der Waals surface area contributed by atoms with Crippen LogP contribution in [0.25, 0.3) is 10.2 Å². The van der Waals surface area contributed by atoms with Gasteiger partial charge in [-0.15, -0.1) is 11.3 Å². The Balaban J connectivity index is 2.07. The van der Waals surface area contributed by atoms with Crippen molar-refractivity contribution in [1.29, 1.82) is 0 Å². The molecule has 1 amide bonds. The maximum Gasteiger partial charge on any atom is 0.267 e. The lowest BCUT2D eigenvalue weighted by atomic mass is 10.2. The summed E-state index contributed by atoms with van der Waals surface area (Å²) in [6.45, 7) is 2.20. The fourth-order valence-electron chi connectivity index (χ4n) is 2.74. The number of benzene rings is 1. The zero-order valence-electron chi connectivity index (χ0n) is 14.5. The molecule has 2 heterocycles. The smallest absolute Gasteiger partial charge is 0.267 e. The number of methoxy groups -OCH3 is 2. The summed E-state index contributed by atoms with van der Waals surface area (Å²) < 4.78 is 12.3. The number of pyridine rings is 1. The van der Waals surface area contributed by atoms with E-state index >= 15 is 0 Å². The number of aryl methyl sites for hydroxylation is 1. The Hall–Kier alpha value is -3.00. The Morgan fingerprint density at radius 2 is 1.88 bits per heavy atom. The molecular formula is C18H18N2O5S. The minimum absolute atomic E-state index is 0.288. The third-order valence-electron chi connectivity index (χ3n) is 4.00. The van der Waals surface area contributed by atoms with Crippen LogP contribution in [0.2, 0.25) is 0 Å². The van der Waals surface area contributed by atoms with Gasteiger partial charge >= 0.3 is 0 Å². The molecule has 0 radical (unpaired) electrons. The number of fused-ring (bicyclic) bond motifs is 1. The van der Waals surface area contributed by atoms with Crippen molar-refractivity contribution >= 4 is 33.1 Å². The van der Waals surface area contributed by atoms with Gasteiger partial charge in [0.1, 0.15) is 17.1 Å². The molecule has 0 saturated carbocycles. The van der Waals surface area contributed by atoms with Gasteiger partial charge < -0.3 is 24.5 Å². The number of anilines is 1. The second kappa shape index (κ2) is 7.09. The van der Waals surface area contributed by atoms with Gasteiger partial charge in [-0.25, -0.2) is 0 Å². The predicted octanol–water partition coefficient (Wildman–Crippen LogP) is 3.06. The van der Waals surface area contributed by atoms with Crippen molar-refractivity contribution < 1.29 is 19.4 Å². The highest BCUT2D eigenvalue weighted by Crippen LogP contribution is 2.32. The van der Waals surface area contributed by atoms with Crippen LogP contribution in [0.1, 0.15) is 17.3 Å². The van der Waals surface area contributed by atoms with Crippen LogP contribution in [0.4, 0.5) is 5.69 Å². The maximum absolute atomic E-state index is 12.7. The molecule has 8 heteroatoms. The molecule has 0 unspecified atom stereocenters. The Kier molecular flexibility index (Phi) is 4.85. The summed E-state index contributed by atoms with van der Waals surface area (Å²) in [5.74, 6) is -0.0236. The van der Waals surface area contributed by atoms with Gasteiger partial charge in [-0.3, -0.25) is 9.59 Å². The highest BCUT2D eigenvalue weighted by atomic mass is 32.1. The van der Waals surface area contributed by atoms with Crippen molar-refractivity contribution in [2.45, 2.75) is 13.5 Å². The molecule has 0 bridgehead atoms. The first-order chi connectivity index (χ1) is 12.5. The predicted molar refractivity (Wildman–Crippen MR) is 101 cm³/mol. The van der Waals surface area contributed by atoms with Crippen molar-refractivity contribution in [1.82, 2.24) is 4.57 Å². The first-order valence-corrected chi connectivity index (χ1v) is 8.75. The second-order valence-electron chi connectivity index (χ2n) is 5.46. The molecule has 0 aliphatic heterocycles. The molecule has 0 atom stereocenters. The number of nitrogens with one attached hydrogen (secondary N) is 1. The monoisotopic (exact) mass is 374 g/mol. The summed E-state index contributed by atoms with van der Waals surface area (Å²) in [6, 6.07) is 6.60. The van der Waals surface area contributed by atoms with E-state index in [9.17, 15) is 14.7 Å². The number of thiophene rings is 1. The Labute approximate surface area is 153 Å². The molecule has 0 aliphatic carbocycles. The van der Waals surface area contributed by atoms with Crippen LogP contribution in [-0.4, -0.2) is 29.8 Å². The van der Waals surface area contributed by atoms with Crippen molar-refractivity contribution in [2.75, 3.05) is 19.5 Å². The van der Waals surface area contributed by atoms with E-state index in [4.69, 9.17) is 9.47 Å². The van der Waals surface area contributed by atoms with Crippen LogP contribution in [0.15, 0.2) is 34.4 Å². The van der Waals surface area contributed by atoms with E-state index in [1.54, 1.807) is 29.6 Å². The SMILES string of the molecule is CCn1c(=O)c(C(=O)Nc2cc(OC)cc(OC)c2)c(O)c2sccc21. The standard InChI is InChI=1S/C18H18N2O5S/c1-4-20-13-5-6-26-16(13)15(21)14(18(20)23)17(22)19-10-7-11(24-2)9-12(8-10)25-3/h5-9,21H,4H2,1-3H3,(H,19,22). The lowest BCUT2D eigenvalue weighted by molar-refractivity contribution is 0.102. The Morgan fingerprint density at radius 3 is 2.46 bits per heavy atom. The van der Waals surface area contributed by atoms with Crippen molar-refractivity contribution in [3.05, 3.63) is 45.6 Å². The molecule has 2 aromatic heterocycles. The molecule has 0 saturated heterocycles. The average molecular weight is 374 g/mol. The number of hydrogen-bond donors (Lipinski definition) is 2. The molecule has 3 aromatic rings. The number of aromatic nitrogens is 1. The van der Waals surface area contributed by atoms with E-state index in [1.807, 2.05) is 6.92 Å². The molecule has 7 nitrogen and oxygen atoms in total. The van der Waals surface area contributed by atoms with Crippen LogP contribution in [0.5, 0.6) is 17.2 Å². The van der Waals surface area contributed by atoms with Crippen LogP contribution in [0, 0.1) is 0 Å². The lowest BCUT2D eigenvalue weighted by Gasteiger charge is -2.12. The van der Waals surface area contributed by atoms with Gasteiger partial charge in [0.15, 0.2) is 5.75 Å². The van der Waals surface area contributed by atoms with Gasteiger partial charge in [-0.1, -0.05) is 0 Å². The molecule has 0 aliphatic rings. The third kappa shape index (κ3) is 2.99. The van der Waals surface area contributed by atoms with E-state index in [-0.39, 0.29) is 11.3 Å². The first kappa shape index (κ1) is 17.8. The summed E-state index contributed by atoms with van der Waals surface area (Å²) in [5.41, 5.74) is 0.172. The zero-order valence-corrected chi connectivity index (χ0v) is 15.3. The summed E-state index contributed by atoms with van der Waals surface area (Å²) in [4.78, 5) is 25.4. The fraction of sp³-hybridized carbons (Fsp3) is 0.222. The summed E-state index contributed by atoms with van der Waals surface area (Å²) in [7, 11) is 2.99. The van der Waals surface area contributed by atoms with E-state index in [1.165, 1.54) is 30.1 Å². The molecule has 1 aromatic carbocycles. The normalized spacial score (nSPS) is 10.7. The Bertz CT molecular complexity index is 1020. The van der Waals surface area contributed by atoms with Crippen LogP contribution in [0.3, 0.4) is 0 Å². The average Bonchev–Trinajstić information content (AvgIpc) is 3.11. The van der Waals surface area contributed by atoms with E-state index in [0.717, 1.165) is 0 Å². The van der Waals surface area contributed by atoms with Gasteiger partial charge in [-0.05, 0) is 18.4 Å². The number of hydrogen-bond acceptors (Lipinski definition) is 6. The van der Waals surface area contributed by atoms with E-state index < -0.39 is 11.5 Å². The number of rotatable bonds is 5. The highest BCUT2D eigenvalue weighted by Gasteiger charge is 2.23. The molecule has 0 spiro atoms. The fourth-order valence-corrected chi connectivity index (χ4v) is 3.59. The number of carbonyl (C=O) groups is 1. The maximum atomic E-state index is 12.7. The van der Waals surface area contributed by atoms with Gasteiger partial charge in [0, 0.05) is 30.4 Å². The minimum Gasteiger partial charge on any atom is -0.505 e. The number of aromatic hydroxyl groups is 1. The van der Waals surface area contributed by atoms with E-state index in [2.05, 4.69) is 5.32 Å². The van der Waals surface area contributed by atoms with Crippen LogP contribution in [-0.2, 0) is 6.54 Å². The zero-order chi connectivity index (χ0) is 18.8. The van der Waals surface area contributed by atoms with Crippen LogP contribution < -0.4 is 20.3 Å². The quantitative estimate of drug-likeness (QED) is 0.716. The van der Waals surface area contributed by atoms with Gasteiger partial charge in [0.25, 0.3) is 11.5 Å². The van der Waals surface area contributed by atoms with Gasteiger partial charge in [-0.2, -0.15) is 0 Å². The molecule has 2 N–H and O–H groups in total. The topological polar surface area (TPSA) is 89.8 Å². The molecule has 26 heavy (non-hydrogen) atoms. The minimum atomic E-state index is -0.694. The third-order valence-corrected chi connectivity index (χ3v) is 4.91. The molecule has 3 rings (SSSR count). The first-order valence-electron chi connectivity index (χ1n) is 7.87. The summed E-state index contributed by atoms with van der Waals surface area (Å²) >= 11 is 1.27. The lowest BCUT2D eigenvalue weighted by Crippen LogP contribution is -2.29. The van der Waals surface area contributed by atoms with Crippen molar-refractivity contribution in [3.8, 4) is 17.2 Å². The number of carbonyl (C=O) groups excluding carboxylic acids is 1. The van der Waals surface area contributed by atoms with Crippen LogP contribution >= 0.6 is 11.3 Å². The number of ether oxygens (including phenoxy) is 2. The van der Waals surface area contributed by atoms with E-state index in [0.29, 0.717) is 33.9 Å². The Morgan fingerprint density at radius 1 is 1.23 bits per heavy atom. The second-order valence-corrected chi connectivity index (χ2v) is 6.38. The summed E-state index contributed by atoms with van der Waals surface area (Å²) in [6.07, 6.45) is 0. The molecule has 0 fully saturated rings. The highest BCUT2D eigenvalue weighted by molar-refractivity contribution is 7.17. The molecule has 136 valence electrons. The largest absolute Gasteiger partial charge is 0.505 e. The number of amides is 1. The van der Waals surface area contributed by atoms with Gasteiger partial charge in [0.05, 0.1) is 24.4 Å². The number of nitrogens with zero attached hydrogens (tertiary/aromatic N) is 1. The molecular weight excluding hydrogens is 356 g/mol.